The van der Waals surface area contributed by atoms with Crippen molar-refractivity contribution in [1.29, 1.82) is 0 Å². The minimum absolute atomic E-state index is 0.170. The zero-order valence-electron chi connectivity index (χ0n) is 10.9. The largest absolute Gasteiger partial charge is 0.329 e. The van der Waals surface area contributed by atoms with E-state index in [0.29, 0.717) is 32.8 Å². The molecule has 19 heavy (non-hydrogen) atoms. The molecule has 0 radical (unpaired) electrons. The zero-order chi connectivity index (χ0) is 14.7. The minimum atomic E-state index is -1.84. The zero-order valence-corrected chi connectivity index (χ0v) is 15.8. The average Bonchev–Trinajstić information content (AvgIpc) is 2.33. The molecule has 4 atom stereocenters. The Bertz CT molecular complexity index is 193. The Kier molecular flexibility index (Phi) is 14.4. The predicted molar refractivity (Wildman–Crippen MR) is 83.5 cm³/mol. The Morgan fingerprint density at radius 2 is 1.21 bits per heavy atom. The van der Waals surface area contributed by atoms with Crippen LogP contribution in [-0.4, -0.2) is 45.9 Å². The van der Waals surface area contributed by atoms with Gasteiger partial charge in [0.1, 0.15) is 0 Å². The number of hydrogen-bond donors (Lipinski definition) is 2. The van der Waals surface area contributed by atoms with Crippen LogP contribution in [0.2, 0.25) is 0 Å². The molecule has 0 aromatic rings. The number of rotatable bonds is 12. The number of halogens is 2. The second-order valence-corrected chi connectivity index (χ2v) is 8.76. The monoisotopic (exact) mass is 444 g/mol. The van der Waals surface area contributed by atoms with Crippen LogP contribution in [0.5, 0.6) is 0 Å². The summed E-state index contributed by atoms with van der Waals surface area (Å²) in [7, 11) is -3.68. The van der Waals surface area contributed by atoms with Crippen molar-refractivity contribution in [2.75, 3.05) is 26.4 Å². The van der Waals surface area contributed by atoms with Crippen LogP contribution in [-0.2, 0) is 18.1 Å². The number of hydrogen-bond acceptors (Lipinski definition) is 6. The van der Waals surface area contributed by atoms with E-state index in [4.69, 9.17) is 18.1 Å². The van der Waals surface area contributed by atoms with Crippen LogP contribution >= 0.6 is 49.1 Å². The van der Waals surface area contributed by atoms with Gasteiger partial charge in [-0.3, -0.25) is 0 Å². The van der Waals surface area contributed by atoms with Crippen LogP contribution in [0.15, 0.2) is 0 Å². The standard InChI is InChI=1S/C9H20Br2O6P2/c1-8(10)6-16-18(12)14-4-3-5-15-19(13)17-7-9(2)11/h8-9,12-13H,3-7H2,1-2H3. The third-order valence-electron chi connectivity index (χ3n) is 1.52. The number of alkyl halides is 2. The molecular formula is C9H20Br2O6P2. The molecule has 0 aromatic carbocycles. The maximum absolute atomic E-state index is 9.34. The molecule has 4 unspecified atom stereocenters. The first-order valence-electron chi connectivity index (χ1n) is 5.69. The molecular weight excluding hydrogens is 426 g/mol. The summed E-state index contributed by atoms with van der Waals surface area (Å²) in [5, 5.41) is 0. The maximum atomic E-state index is 9.34. The van der Waals surface area contributed by atoms with Crippen molar-refractivity contribution >= 4 is 49.1 Å². The molecule has 0 aliphatic rings. The highest BCUT2D eigenvalue weighted by Crippen LogP contribution is 2.35. The summed E-state index contributed by atoms with van der Waals surface area (Å²) in [4.78, 5) is 19.0. The van der Waals surface area contributed by atoms with E-state index in [1.165, 1.54) is 0 Å². The lowest BCUT2D eigenvalue weighted by molar-refractivity contribution is 0.170. The van der Waals surface area contributed by atoms with Crippen LogP contribution in [0.25, 0.3) is 0 Å². The third kappa shape index (κ3) is 15.8. The van der Waals surface area contributed by atoms with E-state index in [1.807, 2.05) is 13.8 Å². The molecule has 116 valence electrons. The summed E-state index contributed by atoms with van der Waals surface area (Å²) in [6.07, 6.45) is 0.541. The third-order valence-corrected chi connectivity index (χ3v) is 3.60. The highest BCUT2D eigenvalue weighted by Gasteiger charge is 2.10. The van der Waals surface area contributed by atoms with Crippen molar-refractivity contribution in [2.45, 2.75) is 29.9 Å². The van der Waals surface area contributed by atoms with Crippen LogP contribution in [0, 0.1) is 0 Å². The first kappa shape index (κ1) is 20.6. The van der Waals surface area contributed by atoms with Crippen molar-refractivity contribution < 1.29 is 27.9 Å². The van der Waals surface area contributed by atoms with Crippen LogP contribution in [0.1, 0.15) is 20.3 Å². The normalized spacial score (nSPS) is 18.0. The highest BCUT2D eigenvalue weighted by molar-refractivity contribution is 9.09. The van der Waals surface area contributed by atoms with Crippen molar-refractivity contribution in [3.05, 3.63) is 0 Å². The van der Waals surface area contributed by atoms with Gasteiger partial charge in [0, 0.05) is 9.65 Å². The summed E-state index contributed by atoms with van der Waals surface area (Å²) < 4.78 is 20.2. The van der Waals surface area contributed by atoms with E-state index in [9.17, 15) is 9.79 Å². The van der Waals surface area contributed by atoms with Crippen LogP contribution in [0.4, 0.5) is 0 Å². The van der Waals surface area contributed by atoms with Crippen molar-refractivity contribution in [2.24, 2.45) is 0 Å². The summed E-state index contributed by atoms with van der Waals surface area (Å²) in [6.45, 7) is 5.20. The highest BCUT2D eigenvalue weighted by atomic mass is 79.9. The lowest BCUT2D eigenvalue weighted by atomic mass is 10.5. The van der Waals surface area contributed by atoms with Gasteiger partial charge in [-0.1, -0.05) is 45.7 Å². The minimum Gasteiger partial charge on any atom is -0.328 e. The fourth-order valence-corrected chi connectivity index (χ4v) is 2.85. The molecule has 0 rings (SSSR count). The van der Waals surface area contributed by atoms with Gasteiger partial charge in [-0.05, 0) is 6.42 Å². The Morgan fingerprint density at radius 3 is 1.53 bits per heavy atom. The Labute approximate surface area is 133 Å². The van der Waals surface area contributed by atoms with Gasteiger partial charge >= 0.3 is 17.2 Å². The molecule has 0 fully saturated rings. The van der Waals surface area contributed by atoms with Crippen LogP contribution in [0.3, 0.4) is 0 Å². The molecule has 0 amide bonds. The smallest absolute Gasteiger partial charge is 0.328 e. The van der Waals surface area contributed by atoms with E-state index in [-0.39, 0.29) is 9.65 Å². The molecule has 0 bridgehead atoms. The summed E-state index contributed by atoms with van der Waals surface area (Å²) in [5.74, 6) is 0. The maximum Gasteiger partial charge on any atom is 0.329 e. The Balaban J connectivity index is 3.34. The molecule has 2 N–H and O–H groups in total. The van der Waals surface area contributed by atoms with Gasteiger partial charge in [-0.15, -0.1) is 0 Å². The van der Waals surface area contributed by atoms with Gasteiger partial charge in [-0.25, -0.2) is 0 Å². The van der Waals surface area contributed by atoms with Gasteiger partial charge in [0.2, 0.25) is 0 Å². The molecule has 6 nitrogen and oxygen atoms in total. The van der Waals surface area contributed by atoms with Gasteiger partial charge < -0.3 is 27.9 Å². The average molecular weight is 446 g/mol. The van der Waals surface area contributed by atoms with E-state index >= 15 is 0 Å². The molecule has 10 heteroatoms. The quantitative estimate of drug-likeness (QED) is 0.272. The Morgan fingerprint density at radius 1 is 0.842 bits per heavy atom. The van der Waals surface area contributed by atoms with E-state index in [1.54, 1.807) is 0 Å². The molecule has 0 aromatic heterocycles. The summed E-state index contributed by atoms with van der Waals surface area (Å²) in [5.41, 5.74) is 0. The first-order valence-corrected chi connectivity index (χ1v) is 9.78. The molecule has 0 saturated carbocycles. The van der Waals surface area contributed by atoms with Gasteiger partial charge in [-0.2, -0.15) is 0 Å². The molecule has 0 saturated heterocycles. The SMILES string of the molecule is CC(Br)COP(O)OCCCOP(O)OCC(C)Br. The molecule has 0 heterocycles. The van der Waals surface area contributed by atoms with Crippen LogP contribution < -0.4 is 0 Å². The van der Waals surface area contributed by atoms with E-state index < -0.39 is 17.2 Å². The lowest BCUT2D eigenvalue weighted by Gasteiger charge is -2.13. The van der Waals surface area contributed by atoms with Crippen molar-refractivity contribution in [1.82, 2.24) is 0 Å². The van der Waals surface area contributed by atoms with Crippen molar-refractivity contribution in [3.8, 4) is 0 Å². The molecule has 0 aliphatic heterocycles. The van der Waals surface area contributed by atoms with Gasteiger partial charge in [0.05, 0.1) is 26.4 Å². The topological polar surface area (TPSA) is 77.4 Å². The Hall–Kier alpha value is 1.58. The first-order chi connectivity index (χ1) is 8.91. The van der Waals surface area contributed by atoms with Gasteiger partial charge in [0.15, 0.2) is 0 Å². The van der Waals surface area contributed by atoms with Gasteiger partial charge in [0.25, 0.3) is 0 Å². The fraction of sp³-hybridized carbons (Fsp3) is 1.00. The van der Waals surface area contributed by atoms with Crippen molar-refractivity contribution in [3.63, 3.8) is 0 Å². The van der Waals surface area contributed by atoms with E-state index in [2.05, 4.69) is 31.9 Å². The summed E-state index contributed by atoms with van der Waals surface area (Å²) in [6, 6.07) is 0. The predicted octanol–water partition coefficient (Wildman–Crippen LogP) is 3.45. The summed E-state index contributed by atoms with van der Waals surface area (Å²) >= 11 is 6.58. The van der Waals surface area contributed by atoms with E-state index in [0.717, 1.165) is 0 Å². The second kappa shape index (κ2) is 13.3. The molecule has 0 aliphatic carbocycles. The molecule has 0 spiro atoms. The second-order valence-electron chi connectivity index (χ2n) is 3.65. The lowest BCUT2D eigenvalue weighted by Crippen LogP contribution is -2.04. The fourth-order valence-electron chi connectivity index (χ4n) is 0.752.